The van der Waals surface area contributed by atoms with Crippen LogP contribution in [-0.2, 0) is 9.53 Å². The summed E-state index contributed by atoms with van der Waals surface area (Å²) in [6.45, 7) is 5.32. The molecule has 0 fully saturated rings. The van der Waals surface area contributed by atoms with Crippen molar-refractivity contribution in [3.8, 4) is 0 Å². The third-order valence-electron chi connectivity index (χ3n) is 2.44. The SMILES string of the molecule is CC(C)(C)OC(=O)NC(CC(=O)NN)c1ccccc1. The van der Waals surface area contributed by atoms with Crippen LogP contribution in [0.4, 0.5) is 4.79 Å². The van der Waals surface area contributed by atoms with E-state index in [0.29, 0.717) is 0 Å². The highest BCUT2D eigenvalue weighted by Crippen LogP contribution is 2.17. The average molecular weight is 279 g/mol. The number of nitrogens with two attached hydrogens (primary N) is 1. The smallest absolute Gasteiger partial charge is 0.408 e. The quantitative estimate of drug-likeness (QED) is 0.443. The zero-order valence-corrected chi connectivity index (χ0v) is 12.0. The van der Waals surface area contributed by atoms with E-state index in [0.717, 1.165) is 5.56 Å². The summed E-state index contributed by atoms with van der Waals surface area (Å²) in [6, 6.07) is 8.68. The van der Waals surface area contributed by atoms with Crippen molar-refractivity contribution in [1.29, 1.82) is 0 Å². The fourth-order valence-electron chi connectivity index (χ4n) is 1.63. The number of hydrazine groups is 1. The molecule has 0 heterocycles. The van der Waals surface area contributed by atoms with Crippen LogP contribution in [0.5, 0.6) is 0 Å². The topological polar surface area (TPSA) is 93.4 Å². The molecule has 1 rings (SSSR count). The van der Waals surface area contributed by atoms with Crippen molar-refractivity contribution in [2.45, 2.75) is 38.8 Å². The molecule has 1 unspecified atom stereocenters. The van der Waals surface area contributed by atoms with Gasteiger partial charge in [0, 0.05) is 0 Å². The molecule has 110 valence electrons. The van der Waals surface area contributed by atoms with Crippen molar-refractivity contribution in [2.24, 2.45) is 5.84 Å². The van der Waals surface area contributed by atoms with E-state index in [1.807, 2.05) is 30.3 Å². The summed E-state index contributed by atoms with van der Waals surface area (Å²) in [6.07, 6.45) is -0.532. The van der Waals surface area contributed by atoms with Gasteiger partial charge in [0.05, 0.1) is 12.5 Å². The fourth-order valence-corrected chi connectivity index (χ4v) is 1.63. The van der Waals surface area contributed by atoms with E-state index in [1.165, 1.54) is 0 Å². The number of carbonyl (C=O) groups is 2. The van der Waals surface area contributed by atoms with Crippen LogP contribution in [0.2, 0.25) is 0 Å². The van der Waals surface area contributed by atoms with Gasteiger partial charge in [-0.3, -0.25) is 10.2 Å². The van der Waals surface area contributed by atoms with Gasteiger partial charge in [-0.1, -0.05) is 30.3 Å². The van der Waals surface area contributed by atoms with Crippen LogP contribution in [-0.4, -0.2) is 17.6 Å². The molecule has 4 N–H and O–H groups in total. The minimum atomic E-state index is -0.596. The Labute approximate surface area is 118 Å². The molecule has 0 saturated carbocycles. The molecule has 0 radical (unpaired) electrons. The van der Waals surface area contributed by atoms with E-state index in [4.69, 9.17) is 10.6 Å². The van der Waals surface area contributed by atoms with Crippen molar-refractivity contribution in [3.05, 3.63) is 35.9 Å². The monoisotopic (exact) mass is 279 g/mol. The predicted molar refractivity (Wildman–Crippen MR) is 75.5 cm³/mol. The van der Waals surface area contributed by atoms with Crippen molar-refractivity contribution < 1.29 is 14.3 Å². The first-order valence-electron chi connectivity index (χ1n) is 6.36. The number of amides is 2. The molecule has 1 atom stereocenters. The molecule has 0 aliphatic rings. The summed E-state index contributed by atoms with van der Waals surface area (Å²) in [7, 11) is 0. The molecule has 6 heteroatoms. The van der Waals surface area contributed by atoms with Crippen LogP contribution < -0.4 is 16.6 Å². The van der Waals surface area contributed by atoms with Crippen LogP contribution in [0.3, 0.4) is 0 Å². The largest absolute Gasteiger partial charge is 0.444 e. The summed E-state index contributed by atoms with van der Waals surface area (Å²) >= 11 is 0. The lowest BCUT2D eigenvalue weighted by Gasteiger charge is -2.23. The van der Waals surface area contributed by atoms with Crippen LogP contribution in [0.1, 0.15) is 38.8 Å². The second-order valence-corrected chi connectivity index (χ2v) is 5.38. The third kappa shape index (κ3) is 5.71. The van der Waals surface area contributed by atoms with Gasteiger partial charge in [0.25, 0.3) is 0 Å². The summed E-state index contributed by atoms with van der Waals surface area (Å²) < 4.78 is 5.19. The molecule has 0 spiro atoms. The van der Waals surface area contributed by atoms with E-state index in [-0.39, 0.29) is 12.3 Å². The number of rotatable bonds is 4. The molecule has 2 amide bonds. The van der Waals surface area contributed by atoms with Gasteiger partial charge >= 0.3 is 6.09 Å². The van der Waals surface area contributed by atoms with Gasteiger partial charge in [0.15, 0.2) is 0 Å². The van der Waals surface area contributed by atoms with Crippen molar-refractivity contribution >= 4 is 12.0 Å². The lowest BCUT2D eigenvalue weighted by molar-refractivity contribution is -0.121. The van der Waals surface area contributed by atoms with Gasteiger partial charge in [-0.05, 0) is 26.3 Å². The van der Waals surface area contributed by atoms with Gasteiger partial charge in [-0.25, -0.2) is 10.6 Å². The Balaban J connectivity index is 2.78. The van der Waals surface area contributed by atoms with Crippen LogP contribution in [0, 0.1) is 0 Å². The molecule has 20 heavy (non-hydrogen) atoms. The lowest BCUT2D eigenvalue weighted by Crippen LogP contribution is -2.38. The van der Waals surface area contributed by atoms with Gasteiger partial charge in [0.1, 0.15) is 5.60 Å². The number of alkyl carbamates (subject to hydrolysis) is 1. The van der Waals surface area contributed by atoms with Crippen LogP contribution in [0.15, 0.2) is 30.3 Å². The van der Waals surface area contributed by atoms with E-state index >= 15 is 0 Å². The molecule has 0 aromatic heterocycles. The maximum atomic E-state index is 11.8. The molecule has 0 aliphatic heterocycles. The number of hydrogen-bond acceptors (Lipinski definition) is 4. The molecule has 0 bridgehead atoms. The van der Waals surface area contributed by atoms with Crippen LogP contribution >= 0.6 is 0 Å². The number of benzene rings is 1. The Morgan fingerprint density at radius 3 is 2.35 bits per heavy atom. The highest BCUT2D eigenvalue weighted by molar-refractivity contribution is 5.77. The first kappa shape index (κ1) is 16.0. The maximum Gasteiger partial charge on any atom is 0.408 e. The van der Waals surface area contributed by atoms with Gasteiger partial charge in [-0.2, -0.15) is 0 Å². The van der Waals surface area contributed by atoms with E-state index in [9.17, 15) is 9.59 Å². The Kier molecular flexibility index (Phi) is 5.52. The Morgan fingerprint density at radius 2 is 1.85 bits per heavy atom. The predicted octanol–water partition coefficient (Wildman–Crippen LogP) is 1.63. The minimum Gasteiger partial charge on any atom is -0.444 e. The van der Waals surface area contributed by atoms with E-state index < -0.39 is 17.7 Å². The standard InChI is InChI=1S/C14H21N3O3/c1-14(2,3)20-13(19)16-11(9-12(18)17-15)10-7-5-4-6-8-10/h4-8,11H,9,15H2,1-3H3,(H,16,19)(H,17,18). The first-order valence-corrected chi connectivity index (χ1v) is 6.36. The van der Waals surface area contributed by atoms with E-state index in [1.54, 1.807) is 20.8 Å². The van der Waals surface area contributed by atoms with Crippen molar-refractivity contribution in [1.82, 2.24) is 10.7 Å². The third-order valence-corrected chi connectivity index (χ3v) is 2.44. The Hall–Kier alpha value is -2.08. The lowest BCUT2D eigenvalue weighted by atomic mass is 10.0. The minimum absolute atomic E-state index is 0.0414. The molecular weight excluding hydrogens is 258 g/mol. The number of carbonyl (C=O) groups excluding carboxylic acids is 2. The number of hydrogen-bond donors (Lipinski definition) is 3. The van der Waals surface area contributed by atoms with E-state index in [2.05, 4.69) is 10.7 Å². The summed E-state index contributed by atoms with van der Waals surface area (Å²) in [5, 5.41) is 2.68. The van der Waals surface area contributed by atoms with Crippen LogP contribution in [0.25, 0.3) is 0 Å². The average Bonchev–Trinajstić information content (AvgIpc) is 2.36. The second kappa shape index (κ2) is 6.91. The molecule has 1 aromatic rings. The van der Waals surface area contributed by atoms with Gasteiger partial charge in [0.2, 0.25) is 5.91 Å². The van der Waals surface area contributed by atoms with Gasteiger partial charge in [-0.15, -0.1) is 0 Å². The van der Waals surface area contributed by atoms with Crippen molar-refractivity contribution in [2.75, 3.05) is 0 Å². The van der Waals surface area contributed by atoms with Gasteiger partial charge < -0.3 is 10.1 Å². The molecule has 1 aromatic carbocycles. The fraction of sp³-hybridized carbons (Fsp3) is 0.429. The maximum absolute atomic E-state index is 11.8. The number of nitrogens with one attached hydrogen (secondary N) is 2. The number of ether oxygens (including phenoxy) is 1. The highest BCUT2D eigenvalue weighted by atomic mass is 16.6. The van der Waals surface area contributed by atoms with Crippen molar-refractivity contribution in [3.63, 3.8) is 0 Å². The highest BCUT2D eigenvalue weighted by Gasteiger charge is 2.22. The molecule has 0 saturated heterocycles. The Bertz CT molecular complexity index is 454. The zero-order chi connectivity index (χ0) is 15.2. The molecule has 6 nitrogen and oxygen atoms in total. The first-order chi connectivity index (χ1) is 9.31. The molecular formula is C14H21N3O3. The zero-order valence-electron chi connectivity index (χ0n) is 12.0. The Morgan fingerprint density at radius 1 is 1.25 bits per heavy atom. The normalized spacial score (nSPS) is 12.4. The molecule has 0 aliphatic carbocycles. The summed E-state index contributed by atoms with van der Waals surface area (Å²) in [4.78, 5) is 23.2. The summed E-state index contributed by atoms with van der Waals surface area (Å²) in [5.74, 6) is 4.72. The summed E-state index contributed by atoms with van der Waals surface area (Å²) in [5.41, 5.74) is 2.27. The second-order valence-electron chi connectivity index (χ2n) is 5.38.